The highest BCUT2D eigenvalue weighted by Gasteiger charge is 2.26. The van der Waals surface area contributed by atoms with Crippen molar-refractivity contribution in [3.63, 3.8) is 0 Å². The summed E-state index contributed by atoms with van der Waals surface area (Å²) in [5, 5.41) is 2.33. The van der Waals surface area contributed by atoms with Crippen LogP contribution in [-0.2, 0) is 10.0 Å². The van der Waals surface area contributed by atoms with E-state index in [2.05, 4.69) is 4.72 Å². The SMILES string of the molecule is CC(C)C(NS(=O)(=O)c1ccc(Cl)cc1N)c1cccs1. The fraction of sp³-hybridized carbons (Fsp3) is 0.286. The Bertz CT molecular complexity index is 713. The first-order chi connectivity index (χ1) is 9.81. The summed E-state index contributed by atoms with van der Waals surface area (Å²) in [5.41, 5.74) is 5.92. The van der Waals surface area contributed by atoms with Crippen LogP contribution < -0.4 is 10.5 Å². The van der Waals surface area contributed by atoms with Crippen LogP contribution in [0.5, 0.6) is 0 Å². The van der Waals surface area contributed by atoms with E-state index in [-0.39, 0.29) is 22.5 Å². The first kappa shape index (κ1) is 16.3. The number of halogens is 1. The second-order valence-electron chi connectivity index (χ2n) is 5.04. The summed E-state index contributed by atoms with van der Waals surface area (Å²) in [6.45, 7) is 3.94. The summed E-state index contributed by atoms with van der Waals surface area (Å²) in [6.07, 6.45) is 0. The monoisotopic (exact) mass is 344 g/mol. The van der Waals surface area contributed by atoms with Gasteiger partial charge in [0.15, 0.2) is 0 Å². The molecular weight excluding hydrogens is 328 g/mol. The minimum atomic E-state index is -3.70. The van der Waals surface area contributed by atoms with Gasteiger partial charge in [0.2, 0.25) is 10.0 Å². The number of hydrogen-bond acceptors (Lipinski definition) is 4. The Kier molecular flexibility index (Phi) is 4.93. The van der Waals surface area contributed by atoms with Gasteiger partial charge in [0.05, 0.1) is 11.7 Å². The number of thiophene rings is 1. The van der Waals surface area contributed by atoms with Gasteiger partial charge in [-0.25, -0.2) is 13.1 Å². The van der Waals surface area contributed by atoms with Crippen LogP contribution in [0.15, 0.2) is 40.6 Å². The highest BCUT2D eigenvalue weighted by molar-refractivity contribution is 7.89. The van der Waals surface area contributed by atoms with Gasteiger partial charge in [-0.2, -0.15) is 0 Å². The van der Waals surface area contributed by atoms with E-state index in [9.17, 15) is 8.42 Å². The van der Waals surface area contributed by atoms with Gasteiger partial charge in [0, 0.05) is 9.90 Å². The van der Waals surface area contributed by atoms with Gasteiger partial charge in [0.25, 0.3) is 0 Å². The molecule has 1 unspecified atom stereocenters. The van der Waals surface area contributed by atoms with Crippen LogP contribution in [0.25, 0.3) is 0 Å². The summed E-state index contributed by atoms with van der Waals surface area (Å²) < 4.78 is 27.8. The van der Waals surface area contributed by atoms with Gasteiger partial charge in [-0.1, -0.05) is 31.5 Å². The zero-order chi connectivity index (χ0) is 15.6. The number of nitrogens with one attached hydrogen (secondary N) is 1. The third kappa shape index (κ3) is 3.77. The minimum Gasteiger partial charge on any atom is -0.398 e. The summed E-state index contributed by atoms with van der Waals surface area (Å²) in [4.78, 5) is 1.02. The van der Waals surface area contributed by atoms with E-state index in [1.54, 1.807) is 0 Å². The maximum absolute atomic E-state index is 12.5. The number of anilines is 1. The lowest BCUT2D eigenvalue weighted by molar-refractivity contribution is 0.469. The lowest BCUT2D eigenvalue weighted by Crippen LogP contribution is -2.31. The van der Waals surface area contributed by atoms with Gasteiger partial charge in [0.1, 0.15) is 4.90 Å². The van der Waals surface area contributed by atoms with Crippen molar-refractivity contribution in [1.29, 1.82) is 0 Å². The molecule has 1 aromatic carbocycles. The molecule has 0 aliphatic rings. The van der Waals surface area contributed by atoms with E-state index in [4.69, 9.17) is 17.3 Å². The van der Waals surface area contributed by atoms with Crippen LogP contribution in [0, 0.1) is 5.92 Å². The quantitative estimate of drug-likeness (QED) is 0.813. The molecule has 0 fully saturated rings. The predicted molar refractivity (Wildman–Crippen MR) is 88.1 cm³/mol. The van der Waals surface area contributed by atoms with Crippen molar-refractivity contribution in [2.24, 2.45) is 5.92 Å². The fourth-order valence-corrected chi connectivity index (χ4v) is 4.67. The molecule has 7 heteroatoms. The van der Waals surface area contributed by atoms with Gasteiger partial charge in [-0.05, 0) is 35.6 Å². The Morgan fingerprint density at radius 2 is 2.00 bits per heavy atom. The largest absolute Gasteiger partial charge is 0.398 e. The van der Waals surface area contributed by atoms with E-state index in [1.165, 1.54) is 29.5 Å². The molecule has 2 aromatic rings. The first-order valence-electron chi connectivity index (χ1n) is 6.42. The van der Waals surface area contributed by atoms with Gasteiger partial charge < -0.3 is 5.73 Å². The van der Waals surface area contributed by atoms with Crippen LogP contribution in [0.3, 0.4) is 0 Å². The zero-order valence-electron chi connectivity index (χ0n) is 11.7. The molecule has 0 spiro atoms. The molecular formula is C14H17ClN2O2S2. The lowest BCUT2D eigenvalue weighted by atomic mass is 10.0. The predicted octanol–water partition coefficient (Wildman–Crippen LogP) is 3.66. The summed E-state index contributed by atoms with van der Waals surface area (Å²) in [5.74, 6) is 0.118. The molecule has 2 rings (SSSR count). The third-order valence-electron chi connectivity index (χ3n) is 3.06. The molecule has 0 aliphatic heterocycles. The van der Waals surface area contributed by atoms with E-state index >= 15 is 0 Å². The highest BCUT2D eigenvalue weighted by atomic mass is 35.5. The average molecular weight is 345 g/mol. The maximum atomic E-state index is 12.5. The van der Waals surface area contributed by atoms with Crippen LogP contribution in [0.4, 0.5) is 5.69 Å². The van der Waals surface area contributed by atoms with Crippen LogP contribution >= 0.6 is 22.9 Å². The molecule has 1 heterocycles. The highest BCUT2D eigenvalue weighted by Crippen LogP contribution is 2.29. The van der Waals surface area contributed by atoms with E-state index in [0.29, 0.717) is 5.02 Å². The topological polar surface area (TPSA) is 72.2 Å². The maximum Gasteiger partial charge on any atom is 0.243 e. The summed E-state index contributed by atoms with van der Waals surface area (Å²) in [7, 11) is -3.70. The van der Waals surface area contributed by atoms with E-state index in [0.717, 1.165) is 4.88 Å². The normalized spacial score (nSPS) is 13.5. The van der Waals surface area contributed by atoms with Crippen molar-refractivity contribution in [3.05, 3.63) is 45.6 Å². The molecule has 0 aliphatic carbocycles. The molecule has 114 valence electrons. The standard InChI is InChI=1S/C14H17ClN2O2S2/c1-9(2)14(12-4-3-7-20-12)17-21(18,19)13-6-5-10(15)8-11(13)16/h3-9,14,17H,16H2,1-2H3. The number of nitrogen functional groups attached to an aromatic ring is 1. The van der Waals surface area contributed by atoms with E-state index in [1.807, 2.05) is 31.4 Å². The molecule has 4 nitrogen and oxygen atoms in total. The average Bonchev–Trinajstić information content (AvgIpc) is 2.88. The van der Waals surface area contributed by atoms with Gasteiger partial charge in [-0.3, -0.25) is 0 Å². The van der Waals surface area contributed by atoms with Crippen LogP contribution in [0.2, 0.25) is 5.02 Å². The summed E-state index contributed by atoms with van der Waals surface area (Å²) >= 11 is 7.33. The number of benzene rings is 1. The Hall–Kier alpha value is -1.08. The third-order valence-corrected chi connectivity index (χ3v) is 5.77. The first-order valence-corrected chi connectivity index (χ1v) is 9.16. The van der Waals surface area contributed by atoms with Crippen molar-refractivity contribution >= 4 is 38.6 Å². The van der Waals surface area contributed by atoms with Crippen molar-refractivity contribution < 1.29 is 8.42 Å². The lowest BCUT2D eigenvalue weighted by Gasteiger charge is -2.21. The van der Waals surface area contributed by atoms with Gasteiger partial charge in [-0.15, -0.1) is 11.3 Å². The number of nitrogens with two attached hydrogens (primary N) is 1. The smallest absolute Gasteiger partial charge is 0.243 e. The Balaban J connectivity index is 2.35. The molecule has 0 saturated carbocycles. The molecule has 3 N–H and O–H groups in total. The molecule has 1 aromatic heterocycles. The Labute approximate surface area is 134 Å². The Morgan fingerprint density at radius 1 is 1.29 bits per heavy atom. The number of hydrogen-bond donors (Lipinski definition) is 2. The molecule has 1 atom stereocenters. The summed E-state index contributed by atoms with van der Waals surface area (Å²) in [6, 6.07) is 7.91. The number of rotatable bonds is 5. The molecule has 0 saturated heterocycles. The molecule has 0 radical (unpaired) electrons. The van der Waals surface area contributed by atoms with Crippen molar-refractivity contribution in [3.8, 4) is 0 Å². The fourth-order valence-electron chi connectivity index (χ4n) is 1.99. The van der Waals surface area contributed by atoms with Crippen LogP contribution in [0.1, 0.15) is 24.8 Å². The zero-order valence-corrected chi connectivity index (χ0v) is 14.1. The molecule has 0 amide bonds. The van der Waals surface area contributed by atoms with Gasteiger partial charge >= 0.3 is 0 Å². The second-order valence-corrected chi connectivity index (χ2v) is 8.14. The number of sulfonamides is 1. The molecule has 0 bridgehead atoms. The minimum absolute atomic E-state index is 0.0501. The molecule has 21 heavy (non-hydrogen) atoms. The Morgan fingerprint density at radius 3 is 2.52 bits per heavy atom. The van der Waals surface area contributed by atoms with E-state index < -0.39 is 10.0 Å². The van der Waals surface area contributed by atoms with Crippen molar-refractivity contribution in [2.75, 3.05) is 5.73 Å². The van der Waals surface area contributed by atoms with Crippen LogP contribution in [-0.4, -0.2) is 8.42 Å². The van der Waals surface area contributed by atoms with Crippen molar-refractivity contribution in [1.82, 2.24) is 4.72 Å². The van der Waals surface area contributed by atoms with Crippen molar-refractivity contribution in [2.45, 2.75) is 24.8 Å². The second kappa shape index (κ2) is 6.36.